The number of amides is 2. The SMILES string of the molecule is CC1=CCC[C@H](C)[C@@H](OC(N)=O)C(C)=C[C@H](C)[C@@H](O)[C@@H](CO)C[C@H](C)Cc2cccc(c2)NC1=O. The number of allylic oxidation sites excluding steroid dienone is 1. The molecule has 194 valence electrons. The molecule has 0 aromatic heterocycles. The summed E-state index contributed by atoms with van der Waals surface area (Å²) in [6.07, 6.45) is 4.38. The standard InChI is InChI=1S/C28H42N2O5/c1-17-12-22-10-7-11-24(15-22)30-27(33)19(3)9-6-8-18(2)26(35-28(29)34)21(5)14-20(4)25(32)23(13-17)16-31/h7,9-11,14-15,17-18,20,23,25-26,31-32H,6,8,12-13,16H2,1-5H3,(H2,29,34)(H,30,33)/t17-,18+,20+,23-,25-,26-/m1/s1. The Balaban J connectivity index is 2.39. The summed E-state index contributed by atoms with van der Waals surface area (Å²) in [6, 6.07) is 7.79. The van der Waals surface area contributed by atoms with Crippen molar-refractivity contribution in [2.45, 2.75) is 72.5 Å². The number of nitrogens with two attached hydrogens (primary N) is 1. The maximum Gasteiger partial charge on any atom is 0.405 e. The number of fused-ring (bicyclic) bond motifs is 2. The van der Waals surface area contributed by atoms with E-state index in [-0.39, 0.29) is 36.2 Å². The predicted molar refractivity (Wildman–Crippen MR) is 139 cm³/mol. The van der Waals surface area contributed by atoms with Crippen LogP contribution in [0.3, 0.4) is 0 Å². The smallest absolute Gasteiger partial charge is 0.405 e. The van der Waals surface area contributed by atoms with E-state index in [1.807, 2.05) is 57.2 Å². The largest absolute Gasteiger partial charge is 0.442 e. The Morgan fingerprint density at radius 1 is 1.23 bits per heavy atom. The summed E-state index contributed by atoms with van der Waals surface area (Å²) in [6.45, 7) is 9.51. The zero-order chi connectivity index (χ0) is 26.1. The first-order valence-corrected chi connectivity index (χ1v) is 12.5. The Morgan fingerprint density at radius 2 is 1.94 bits per heavy atom. The molecule has 0 spiro atoms. The molecule has 7 nitrogen and oxygen atoms in total. The molecule has 0 fully saturated rings. The first-order valence-electron chi connectivity index (χ1n) is 12.5. The molecule has 0 radical (unpaired) electrons. The van der Waals surface area contributed by atoms with Crippen molar-refractivity contribution < 1.29 is 24.5 Å². The zero-order valence-corrected chi connectivity index (χ0v) is 21.7. The molecule has 1 aromatic carbocycles. The second kappa shape index (κ2) is 13.4. The summed E-state index contributed by atoms with van der Waals surface area (Å²) in [4.78, 5) is 24.3. The van der Waals surface area contributed by atoms with Crippen LogP contribution in [0.25, 0.3) is 0 Å². The van der Waals surface area contributed by atoms with Gasteiger partial charge in [-0.25, -0.2) is 4.79 Å². The number of carbonyl (C=O) groups is 2. The van der Waals surface area contributed by atoms with Gasteiger partial charge >= 0.3 is 6.09 Å². The number of benzene rings is 1. The maximum atomic E-state index is 12.7. The van der Waals surface area contributed by atoms with Gasteiger partial charge in [0.25, 0.3) is 5.91 Å². The molecule has 2 amide bonds. The number of primary amides is 1. The van der Waals surface area contributed by atoms with Gasteiger partial charge in [0, 0.05) is 29.7 Å². The monoisotopic (exact) mass is 486 g/mol. The van der Waals surface area contributed by atoms with Gasteiger partial charge in [-0.05, 0) is 74.6 Å². The lowest BCUT2D eigenvalue weighted by molar-refractivity contribution is -0.112. The number of hydrogen-bond acceptors (Lipinski definition) is 5. The van der Waals surface area contributed by atoms with E-state index in [0.717, 1.165) is 23.2 Å². The highest BCUT2D eigenvalue weighted by Crippen LogP contribution is 2.28. The minimum absolute atomic E-state index is 0.0531. The van der Waals surface area contributed by atoms with Crippen molar-refractivity contribution in [3.63, 3.8) is 0 Å². The minimum atomic E-state index is -0.851. The number of ether oxygens (including phenoxy) is 1. The Hall–Kier alpha value is -2.64. The first kappa shape index (κ1) is 28.6. The molecule has 1 heterocycles. The van der Waals surface area contributed by atoms with Gasteiger partial charge in [0.2, 0.25) is 0 Å². The van der Waals surface area contributed by atoms with E-state index in [2.05, 4.69) is 12.2 Å². The second-order valence-corrected chi connectivity index (χ2v) is 10.2. The Kier molecular flexibility index (Phi) is 11.0. The van der Waals surface area contributed by atoms with Crippen molar-refractivity contribution in [1.82, 2.24) is 0 Å². The van der Waals surface area contributed by atoms with Crippen molar-refractivity contribution in [3.05, 3.63) is 53.1 Å². The van der Waals surface area contributed by atoms with Crippen LogP contribution in [0.2, 0.25) is 0 Å². The fourth-order valence-corrected chi connectivity index (χ4v) is 4.96. The van der Waals surface area contributed by atoms with Crippen LogP contribution in [-0.2, 0) is 16.0 Å². The third-order valence-electron chi connectivity index (χ3n) is 6.90. The quantitative estimate of drug-likeness (QED) is 0.456. The number of aliphatic hydroxyl groups is 2. The minimum Gasteiger partial charge on any atom is -0.442 e. The van der Waals surface area contributed by atoms with Gasteiger partial charge < -0.3 is 26.0 Å². The molecule has 2 bridgehead atoms. The maximum absolute atomic E-state index is 12.7. The van der Waals surface area contributed by atoms with E-state index in [9.17, 15) is 19.8 Å². The van der Waals surface area contributed by atoms with Crippen molar-refractivity contribution in [2.24, 2.45) is 29.4 Å². The molecule has 7 heteroatoms. The second-order valence-electron chi connectivity index (χ2n) is 10.2. The summed E-state index contributed by atoms with van der Waals surface area (Å²) in [5, 5.41) is 24.0. The highest BCUT2D eigenvalue weighted by atomic mass is 16.6. The van der Waals surface area contributed by atoms with E-state index in [1.54, 1.807) is 6.92 Å². The molecular weight excluding hydrogens is 444 g/mol. The topological polar surface area (TPSA) is 122 Å². The van der Waals surface area contributed by atoms with Crippen LogP contribution < -0.4 is 11.1 Å². The summed E-state index contributed by atoms with van der Waals surface area (Å²) in [7, 11) is 0. The summed E-state index contributed by atoms with van der Waals surface area (Å²) >= 11 is 0. The molecule has 0 aliphatic carbocycles. The summed E-state index contributed by atoms with van der Waals surface area (Å²) in [5.41, 5.74) is 8.60. The highest BCUT2D eigenvalue weighted by molar-refractivity contribution is 6.03. The number of anilines is 1. The molecule has 1 aromatic rings. The van der Waals surface area contributed by atoms with Gasteiger partial charge in [0.1, 0.15) is 6.10 Å². The van der Waals surface area contributed by atoms with Gasteiger partial charge in [-0.15, -0.1) is 0 Å². The molecule has 0 saturated heterocycles. The molecule has 0 saturated carbocycles. The van der Waals surface area contributed by atoms with Crippen LogP contribution >= 0.6 is 0 Å². The normalized spacial score (nSPS) is 29.5. The number of aliphatic hydroxyl groups excluding tert-OH is 2. The molecular formula is C28H42N2O5. The molecule has 0 unspecified atom stereocenters. The number of hydrogen-bond donors (Lipinski definition) is 4. The number of nitrogens with one attached hydrogen (secondary N) is 1. The van der Waals surface area contributed by atoms with Crippen LogP contribution in [-0.4, -0.2) is 41.0 Å². The van der Waals surface area contributed by atoms with Gasteiger partial charge in [-0.2, -0.15) is 0 Å². The van der Waals surface area contributed by atoms with Crippen LogP contribution in [0.1, 0.15) is 59.4 Å². The Bertz CT molecular complexity index is 926. The molecule has 35 heavy (non-hydrogen) atoms. The lowest BCUT2D eigenvalue weighted by Crippen LogP contribution is -2.33. The molecule has 6 atom stereocenters. The zero-order valence-electron chi connectivity index (χ0n) is 21.7. The molecule has 1 aliphatic rings. The van der Waals surface area contributed by atoms with Crippen LogP contribution in [0.4, 0.5) is 10.5 Å². The molecule has 2 rings (SSSR count). The van der Waals surface area contributed by atoms with E-state index >= 15 is 0 Å². The van der Waals surface area contributed by atoms with Crippen LogP contribution in [0, 0.1) is 23.7 Å². The summed E-state index contributed by atoms with van der Waals surface area (Å²) in [5.74, 6) is -0.546. The highest BCUT2D eigenvalue weighted by Gasteiger charge is 2.28. The molecule has 5 N–H and O–H groups in total. The van der Waals surface area contributed by atoms with Crippen molar-refractivity contribution in [2.75, 3.05) is 11.9 Å². The van der Waals surface area contributed by atoms with Crippen LogP contribution in [0.15, 0.2) is 47.6 Å². The fourth-order valence-electron chi connectivity index (χ4n) is 4.96. The Morgan fingerprint density at radius 3 is 2.60 bits per heavy atom. The molecule has 1 aliphatic heterocycles. The van der Waals surface area contributed by atoms with Gasteiger partial charge in [0.15, 0.2) is 0 Å². The number of carbonyl (C=O) groups excluding carboxylic acids is 2. The lowest BCUT2D eigenvalue weighted by Gasteiger charge is -2.29. The van der Waals surface area contributed by atoms with E-state index in [1.165, 1.54) is 0 Å². The van der Waals surface area contributed by atoms with Crippen molar-refractivity contribution in [1.29, 1.82) is 0 Å². The fraction of sp³-hybridized carbons (Fsp3) is 0.571. The summed E-state index contributed by atoms with van der Waals surface area (Å²) < 4.78 is 5.44. The first-order chi connectivity index (χ1) is 16.5. The average Bonchev–Trinajstić information content (AvgIpc) is 2.79. The van der Waals surface area contributed by atoms with E-state index in [4.69, 9.17) is 10.5 Å². The average molecular weight is 487 g/mol. The van der Waals surface area contributed by atoms with Gasteiger partial charge in [-0.3, -0.25) is 4.79 Å². The van der Waals surface area contributed by atoms with E-state index in [0.29, 0.717) is 24.8 Å². The third-order valence-corrected chi connectivity index (χ3v) is 6.90. The lowest BCUT2D eigenvalue weighted by atomic mass is 9.82. The third kappa shape index (κ3) is 8.82. The van der Waals surface area contributed by atoms with Crippen molar-refractivity contribution >= 4 is 17.7 Å². The van der Waals surface area contributed by atoms with Crippen molar-refractivity contribution in [3.8, 4) is 0 Å². The van der Waals surface area contributed by atoms with E-state index < -0.39 is 18.3 Å². The van der Waals surface area contributed by atoms with Gasteiger partial charge in [-0.1, -0.05) is 45.1 Å². The van der Waals surface area contributed by atoms with Gasteiger partial charge in [0.05, 0.1) is 6.10 Å². The predicted octanol–water partition coefficient (Wildman–Crippen LogP) is 4.59. The number of rotatable bonds is 2. The van der Waals surface area contributed by atoms with Crippen LogP contribution in [0.5, 0.6) is 0 Å². The Labute approximate surface area is 209 Å².